The number of unbranched alkanes of at least 4 members (excludes halogenated alkanes) is 16. The van der Waals surface area contributed by atoms with Crippen LogP contribution in [0.2, 0.25) is 0 Å². The van der Waals surface area contributed by atoms with E-state index in [0.717, 1.165) is 32.1 Å². The van der Waals surface area contributed by atoms with E-state index >= 15 is 0 Å². The molecular formula is C32H61NO3. The summed E-state index contributed by atoms with van der Waals surface area (Å²) < 4.78 is 0. The van der Waals surface area contributed by atoms with E-state index in [4.69, 9.17) is 0 Å². The molecule has 4 heteroatoms. The van der Waals surface area contributed by atoms with Crippen LogP contribution in [0, 0.1) is 0 Å². The first kappa shape index (κ1) is 34.9. The smallest absolute Gasteiger partial charge is 0.220 e. The SMILES string of the molecule is CCCCCC/C=C\C/C=C\CCCCCCCCCC(=O)NC(CO)C(O)CCCCCCCC. The molecule has 0 aromatic carbocycles. The monoisotopic (exact) mass is 507 g/mol. The van der Waals surface area contributed by atoms with Gasteiger partial charge in [0.2, 0.25) is 5.91 Å². The molecular weight excluding hydrogens is 446 g/mol. The zero-order chi connectivity index (χ0) is 26.5. The molecule has 0 bridgehead atoms. The maximum atomic E-state index is 12.2. The van der Waals surface area contributed by atoms with Gasteiger partial charge in [0, 0.05) is 6.42 Å². The molecule has 0 aliphatic heterocycles. The molecule has 212 valence electrons. The highest BCUT2D eigenvalue weighted by molar-refractivity contribution is 5.76. The highest BCUT2D eigenvalue weighted by Gasteiger charge is 2.19. The van der Waals surface area contributed by atoms with Crippen LogP contribution in [0.25, 0.3) is 0 Å². The fourth-order valence-electron chi connectivity index (χ4n) is 4.50. The van der Waals surface area contributed by atoms with Crippen LogP contribution < -0.4 is 5.32 Å². The Bertz CT molecular complexity index is 518. The number of carbonyl (C=O) groups is 1. The first-order chi connectivity index (χ1) is 17.7. The number of hydrogen-bond acceptors (Lipinski definition) is 3. The molecule has 0 aromatic rings. The van der Waals surface area contributed by atoms with Gasteiger partial charge in [-0.05, 0) is 44.9 Å². The van der Waals surface area contributed by atoms with E-state index in [2.05, 4.69) is 43.5 Å². The zero-order valence-electron chi connectivity index (χ0n) is 24.0. The molecule has 4 nitrogen and oxygen atoms in total. The molecule has 0 aromatic heterocycles. The van der Waals surface area contributed by atoms with Crippen molar-refractivity contribution in [2.45, 2.75) is 167 Å². The van der Waals surface area contributed by atoms with Gasteiger partial charge in [-0.1, -0.05) is 128 Å². The molecule has 0 fully saturated rings. The Labute approximate surface area is 224 Å². The van der Waals surface area contributed by atoms with Crippen LogP contribution in [0.5, 0.6) is 0 Å². The van der Waals surface area contributed by atoms with E-state index in [1.54, 1.807) is 0 Å². The fourth-order valence-corrected chi connectivity index (χ4v) is 4.50. The lowest BCUT2D eigenvalue weighted by atomic mass is 10.0. The number of allylic oxidation sites excluding steroid dienone is 4. The van der Waals surface area contributed by atoms with Crippen molar-refractivity contribution >= 4 is 5.91 Å². The van der Waals surface area contributed by atoms with E-state index in [-0.39, 0.29) is 12.5 Å². The second kappa shape index (κ2) is 28.4. The van der Waals surface area contributed by atoms with Gasteiger partial charge in [0.05, 0.1) is 18.8 Å². The molecule has 2 unspecified atom stereocenters. The summed E-state index contributed by atoms with van der Waals surface area (Å²) in [7, 11) is 0. The summed E-state index contributed by atoms with van der Waals surface area (Å²) in [6, 6.07) is -0.534. The Kier molecular flexibility index (Phi) is 27.5. The summed E-state index contributed by atoms with van der Waals surface area (Å²) in [5.41, 5.74) is 0. The van der Waals surface area contributed by atoms with Crippen LogP contribution in [-0.4, -0.2) is 34.9 Å². The topological polar surface area (TPSA) is 69.6 Å². The standard InChI is InChI=1S/C32H61NO3/c1-3-5-7-9-11-12-13-14-15-16-17-18-19-20-21-22-24-26-28-32(36)33-30(29-34)31(35)27-25-23-10-8-6-4-2/h12-13,15-16,30-31,34-35H,3-11,14,17-29H2,1-2H3,(H,33,36)/b13-12-,16-15-. The van der Waals surface area contributed by atoms with Gasteiger partial charge in [0.15, 0.2) is 0 Å². The summed E-state index contributed by atoms with van der Waals surface area (Å²) in [4.78, 5) is 12.2. The van der Waals surface area contributed by atoms with Gasteiger partial charge in [0.1, 0.15) is 0 Å². The summed E-state index contributed by atoms with van der Waals surface area (Å²) in [6.07, 6.45) is 33.8. The Morgan fingerprint density at radius 1 is 0.667 bits per heavy atom. The minimum absolute atomic E-state index is 0.0471. The zero-order valence-corrected chi connectivity index (χ0v) is 24.0. The van der Waals surface area contributed by atoms with Crippen molar-refractivity contribution in [3.05, 3.63) is 24.3 Å². The summed E-state index contributed by atoms with van der Waals surface area (Å²) in [5, 5.41) is 22.7. The molecule has 3 N–H and O–H groups in total. The quantitative estimate of drug-likeness (QED) is 0.0770. The third kappa shape index (κ3) is 24.6. The van der Waals surface area contributed by atoms with Gasteiger partial charge in [-0.2, -0.15) is 0 Å². The molecule has 0 rings (SSSR count). The average molecular weight is 508 g/mol. The largest absolute Gasteiger partial charge is 0.394 e. The van der Waals surface area contributed by atoms with Crippen molar-refractivity contribution in [1.82, 2.24) is 5.32 Å². The number of nitrogens with one attached hydrogen (secondary N) is 1. The number of amides is 1. The van der Waals surface area contributed by atoms with Crippen LogP contribution in [0.3, 0.4) is 0 Å². The van der Waals surface area contributed by atoms with Gasteiger partial charge < -0.3 is 15.5 Å². The molecule has 2 atom stereocenters. The van der Waals surface area contributed by atoms with Gasteiger partial charge >= 0.3 is 0 Å². The molecule has 0 radical (unpaired) electrons. The average Bonchev–Trinajstić information content (AvgIpc) is 2.88. The fraction of sp³-hybridized carbons (Fsp3) is 0.844. The molecule has 0 spiro atoms. The molecule has 1 amide bonds. The van der Waals surface area contributed by atoms with Crippen molar-refractivity contribution in [3.8, 4) is 0 Å². The number of aliphatic hydroxyl groups is 2. The lowest BCUT2D eigenvalue weighted by Gasteiger charge is -2.22. The van der Waals surface area contributed by atoms with Crippen LogP contribution >= 0.6 is 0 Å². The summed E-state index contributed by atoms with van der Waals surface area (Å²) in [5.74, 6) is -0.0471. The van der Waals surface area contributed by atoms with E-state index in [9.17, 15) is 15.0 Å². The minimum Gasteiger partial charge on any atom is -0.394 e. The summed E-state index contributed by atoms with van der Waals surface area (Å²) >= 11 is 0. The van der Waals surface area contributed by atoms with Gasteiger partial charge in [-0.15, -0.1) is 0 Å². The molecule has 36 heavy (non-hydrogen) atoms. The van der Waals surface area contributed by atoms with E-state index in [0.29, 0.717) is 12.8 Å². The Morgan fingerprint density at radius 3 is 1.69 bits per heavy atom. The Morgan fingerprint density at radius 2 is 1.14 bits per heavy atom. The Balaban J connectivity index is 3.57. The van der Waals surface area contributed by atoms with Crippen LogP contribution in [-0.2, 0) is 4.79 Å². The summed E-state index contributed by atoms with van der Waals surface area (Å²) in [6.45, 7) is 4.26. The minimum atomic E-state index is -0.656. The van der Waals surface area contributed by atoms with Gasteiger partial charge in [-0.25, -0.2) is 0 Å². The number of carbonyl (C=O) groups excluding carboxylic acids is 1. The normalized spacial score (nSPS) is 13.6. The van der Waals surface area contributed by atoms with Crippen molar-refractivity contribution < 1.29 is 15.0 Å². The lowest BCUT2D eigenvalue weighted by Crippen LogP contribution is -2.45. The second-order valence-electron chi connectivity index (χ2n) is 10.5. The highest BCUT2D eigenvalue weighted by atomic mass is 16.3. The van der Waals surface area contributed by atoms with Crippen LogP contribution in [0.4, 0.5) is 0 Å². The molecule has 0 heterocycles. The molecule has 0 saturated heterocycles. The third-order valence-electron chi connectivity index (χ3n) is 6.97. The van der Waals surface area contributed by atoms with Gasteiger partial charge in [0.25, 0.3) is 0 Å². The first-order valence-electron chi connectivity index (χ1n) is 15.5. The van der Waals surface area contributed by atoms with E-state index in [1.807, 2.05) is 0 Å². The van der Waals surface area contributed by atoms with Crippen molar-refractivity contribution in [2.24, 2.45) is 0 Å². The maximum absolute atomic E-state index is 12.2. The maximum Gasteiger partial charge on any atom is 0.220 e. The Hall–Kier alpha value is -1.13. The molecule has 0 aliphatic rings. The second-order valence-corrected chi connectivity index (χ2v) is 10.5. The lowest BCUT2D eigenvalue weighted by molar-refractivity contribution is -0.123. The predicted octanol–water partition coefficient (Wildman–Crippen LogP) is 8.56. The third-order valence-corrected chi connectivity index (χ3v) is 6.97. The van der Waals surface area contributed by atoms with Crippen LogP contribution in [0.1, 0.15) is 155 Å². The number of rotatable bonds is 27. The van der Waals surface area contributed by atoms with Crippen molar-refractivity contribution in [2.75, 3.05) is 6.61 Å². The highest BCUT2D eigenvalue weighted by Crippen LogP contribution is 2.12. The number of hydrogen-bond donors (Lipinski definition) is 3. The van der Waals surface area contributed by atoms with E-state index < -0.39 is 12.1 Å². The molecule has 0 aliphatic carbocycles. The van der Waals surface area contributed by atoms with Gasteiger partial charge in [-0.3, -0.25) is 4.79 Å². The predicted molar refractivity (Wildman–Crippen MR) is 156 cm³/mol. The molecule has 0 saturated carbocycles. The van der Waals surface area contributed by atoms with Crippen LogP contribution in [0.15, 0.2) is 24.3 Å². The van der Waals surface area contributed by atoms with Crippen molar-refractivity contribution in [3.63, 3.8) is 0 Å². The number of aliphatic hydroxyl groups excluding tert-OH is 2. The first-order valence-corrected chi connectivity index (χ1v) is 15.5. The van der Waals surface area contributed by atoms with Crippen molar-refractivity contribution in [1.29, 1.82) is 0 Å². The van der Waals surface area contributed by atoms with E-state index in [1.165, 1.54) is 96.3 Å².